The Kier molecular flexibility index (Phi) is 4.32. The fourth-order valence-corrected chi connectivity index (χ4v) is 3.88. The smallest absolute Gasteiger partial charge is 0.266 e. The fraction of sp³-hybridized carbons (Fsp3) is 0.333. The molecule has 116 valence electrons. The monoisotopic (exact) mass is 316 g/mol. The van der Waals surface area contributed by atoms with Crippen molar-refractivity contribution in [3.05, 3.63) is 64.7 Å². The maximum absolute atomic E-state index is 12.1. The molecule has 3 nitrogen and oxygen atoms in total. The van der Waals surface area contributed by atoms with Crippen molar-refractivity contribution in [3.8, 4) is 0 Å². The fourth-order valence-electron chi connectivity index (χ4n) is 2.97. The molecule has 0 amide bonds. The number of fused-ring (bicyclic) bond motifs is 1. The molecule has 3 rings (SSSR count). The highest BCUT2D eigenvalue weighted by Gasteiger charge is 2.17. The molecule has 0 aromatic heterocycles. The van der Waals surface area contributed by atoms with Gasteiger partial charge < -0.3 is 0 Å². The van der Waals surface area contributed by atoms with Gasteiger partial charge in [-0.15, -0.1) is 0 Å². The molecule has 0 N–H and O–H groups in total. The van der Waals surface area contributed by atoms with E-state index >= 15 is 0 Å². The second-order valence-electron chi connectivity index (χ2n) is 5.75. The second kappa shape index (κ2) is 6.23. The first-order chi connectivity index (χ1) is 10.6. The zero-order valence-electron chi connectivity index (χ0n) is 12.7. The molecule has 0 aliphatic heterocycles. The molecule has 0 fully saturated rings. The van der Waals surface area contributed by atoms with Crippen LogP contribution >= 0.6 is 0 Å². The van der Waals surface area contributed by atoms with Crippen molar-refractivity contribution in [1.82, 2.24) is 0 Å². The summed E-state index contributed by atoms with van der Waals surface area (Å²) in [4.78, 5) is 0.219. The van der Waals surface area contributed by atoms with Gasteiger partial charge in [0.1, 0.15) is 0 Å². The summed E-state index contributed by atoms with van der Waals surface area (Å²) in [6, 6.07) is 13.0. The second-order valence-corrected chi connectivity index (χ2v) is 7.36. The van der Waals surface area contributed by atoms with E-state index in [4.69, 9.17) is 4.18 Å². The van der Waals surface area contributed by atoms with Gasteiger partial charge in [-0.05, 0) is 61.4 Å². The van der Waals surface area contributed by atoms with Crippen LogP contribution in [-0.2, 0) is 33.6 Å². The molecular formula is C18H20O3S. The third-order valence-electron chi connectivity index (χ3n) is 4.16. The minimum absolute atomic E-state index is 0.187. The molecule has 4 heteroatoms. The highest BCUT2D eigenvalue weighted by molar-refractivity contribution is 7.86. The summed E-state index contributed by atoms with van der Waals surface area (Å²) in [6.07, 6.45) is 4.05. The molecule has 2 aromatic rings. The van der Waals surface area contributed by atoms with Crippen LogP contribution in [0.5, 0.6) is 0 Å². The number of hydrogen-bond donors (Lipinski definition) is 0. The Morgan fingerprint density at radius 2 is 1.82 bits per heavy atom. The average molecular weight is 316 g/mol. The van der Waals surface area contributed by atoms with E-state index in [0.717, 1.165) is 18.4 Å². The summed E-state index contributed by atoms with van der Waals surface area (Å²) in [7, 11) is -3.66. The highest BCUT2D eigenvalue weighted by Crippen LogP contribution is 2.25. The van der Waals surface area contributed by atoms with Crippen molar-refractivity contribution in [2.75, 3.05) is 6.61 Å². The molecule has 0 radical (unpaired) electrons. The topological polar surface area (TPSA) is 43.4 Å². The highest BCUT2D eigenvalue weighted by atomic mass is 32.2. The van der Waals surface area contributed by atoms with Crippen LogP contribution in [0.1, 0.15) is 28.7 Å². The Labute approximate surface area is 132 Å². The lowest BCUT2D eigenvalue weighted by Gasteiger charge is -2.09. The first-order valence-electron chi connectivity index (χ1n) is 7.62. The predicted octanol–water partition coefficient (Wildman–Crippen LogP) is 3.43. The molecular weight excluding hydrogens is 296 g/mol. The van der Waals surface area contributed by atoms with Gasteiger partial charge in [-0.3, -0.25) is 4.18 Å². The molecule has 0 bridgehead atoms. The van der Waals surface area contributed by atoms with Crippen molar-refractivity contribution in [3.63, 3.8) is 0 Å². The van der Waals surface area contributed by atoms with Crippen LogP contribution in [-0.4, -0.2) is 15.0 Å². The molecule has 22 heavy (non-hydrogen) atoms. The van der Waals surface area contributed by atoms with Crippen LogP contribution in [0.25, 0.3) is 0 Å². The van der Waals surface area contributed by atoms with Gasteiger partial charge in [0.15, 0.2) is 0 Å². The van der Waals surface area contributed by atoms with E-state index in [9.17, 15) is 8.42 Å². The van der Waals surface area contributed by atoms with Gasteiger partial charge in [0.25, 0.3) is 10.1 Å². The summed E-state index contributed by atoms with van der Waals surface area (Å²) in [5.74, 6) is 0. The van der Waals surface area contributed by atoms with E-state index in [1.165, 1.54) is 23.1 Å². The maximum atomic E-state index is 12.1. The molecule has 0 saturated carbocycles. The third-order valence-corrected chi connectivity index (χ3v) is 5.49. The lowest BCUT2D eigenvalue weighted by Crippen LogP contribution is -2.10. The standard InChI is InChI=1S/C18H20O3S/c1-14-8-10-17(11-9-14)22(19,20)21-13-12-16-5-2-4-15-6-3-7-18(15)16/h2,4-5,8-11H,3,6-7,12-13H2,1H3. The molecule has 0 atom stereocenters. The van der Waals surface area contributed by atoms with Crippen LogP contribution in [0.3, 0.4) is 0 Å². The predicted molar refractivity (Wildman–Crippen MR) is 86.5 cm³/mol. The largest absolute Gasteiger partial charge is 0.296 e. The van der Waals surface area contributed by atoms with E-state index in [1.54, 1.807) is 24.3 Å². The molecule has 1 aliphatic rings. The van der Waals surface area contributed by atoms with Crippen molar-refractivity contribution in [2.24, 2.45) is 0 Å². The summed E-state index contributed by atoms with van der Waals surface area (Å²) in [6.45, 7) is 2.11. The van der Waals surface area contributed by atoms with Crippen LogP contribution in [0.15, 0.2) is 47.4 Å². The van der Waals surface area contributed by atoms with E-state index < -0.39 is 10.1 Å². The van der Waals surface area contributed by atoms with Gasteiger partial charge in [0.2, 0.25) is 0 Å². The normalized spacial score (nSPS) is 14.0. The van der Waals surface area contributed by atoms with Crippen LogP contribution < -0.4 is 0 Å². The number of benzene rings is 2. The Hall–Kier alpha value is -1.65. The van der Waals surface area contributed by atoms with Gasteiger partial charge in [-0.25, -0.2) is 0 Å². The summed E-state index contributed by atoms with van der Waals surface area (Å²) in [5, 5.41) is 0. The lowest BCUT2D eigenvalue weighted by molar-refractivity contribution is 0.322. The Balaban J connectivity index is 1.66. The van der Waals surface area contributed by atoms with Crippen molar-refractivity contribution in [1.29, 1.82) is 0 Å². The molecule has 0 heterocycles. The Morgan fingerprint density at radius 1 is 1.05 bits per heavy atom. The van der Waals surface area contributed by atoms with Gasteiger partial charge in [0, 0.05) is 0 Å². The Morgan fingerprint density at radius 3 is 2.59 bits per heavy atom. The molecule has 0 spiro atoms. The van der Waals surface area contributed by atoms with Crippen LogP contribution in [0, 0.1) is 6.92 Å². The van der Waals surface area contributed by atoms with Crippen LogP contribution in [0.4, 0.5) is 0 Å². The molecule has 0 saturated heterocycles. The van der Waals surface area contributed by atoms with E-state index in [-0.39, 0.29) is 11.5 Å². The molecule has 0 unspecified atom stereocenters. The minimum atomic E-state index is -3.66. The summed E-state index contributed by atoms with van der Waals surface area (Å²) in [5.41, 5.74) is 5.03. The van der Waals surface area contributed by atoms with E-state index in [0.29, 0.717) is 6.42 Å². The lowest BCUT2D eigenvalue weighted by atomic mass is 10.0. The number of hydrogen-bond acceptors (Lipinski definition) is 3. The van der Waals surface area contributed by atoms with Gasteiger partial charge in [0.05, 0.1) is 11.5 Å². The van der Waals surface area contributed by atoms with Crippen molar-refractivity contribution >= 4 is 10.1 Å². The number of rotatable bonds is 5. The van der Waals surface area contributed by atoms with Crippen molar-refractivity contribution in [2.45, 2.75) is 37.5 Å². The SMILES string of the molecule is Cc1ccc(S(=O)(=O)OCCc2cccc3c2CCC3)cc1. The van der Waals surface area contributed by atoms with Gasteiger partial charge in [-0.2, -0.15) is 8.42 Å². The van der Waals surface area contributed by atoms with Gasteiger partial charge in [-0.1, -0.05) is 35.9 Å². The maximum Gasteiger partial charge on any atom is 0.296 e. The van der Waals surface area contributed by atoms with Gasteiger partial charge >= 0.3 is 0 Å². The zero-order chi connectivity index (χ0) is 15.6. The first-order valence-corrected chi connectivity index (χ1v) is 9.03. The third kappa shape index (κ3) is 3.23. The molecule has 1 aliphatic carbocycles. The summed E-state index contributed by atoms with van der Waals surface area (Å²) >= 11 is 0. The zero-order valence-corrected chi connectivity index (χ0v) is 13.5. The van der Waals surface area contributed by atoms with Crippen molar-refractivity contribution < 1.29 is 12.6 Å². The number of aryl methyl sites for hydroxylation is 2. The Bertz CT molecular complexity index is 761. The molecule has 2 aromatic carbocycles. The first kappa shape index (κ1) is 15.3. The quantitative estimate of drug-likeness (QED) is 0.794. The van der Waals surface area contributed by atoms with Crippen LogP contribution in [0.2, 0.25) is 0 Å². The minimum Gasteiger partial charge on any atom is -0.266 e. The summed E-state index contributed by atoms with van der Waals surface area (Å²) < 4.78 is 29.5. The van der Waals surface area contributed by atoms with E-state index in [1.807, 2.05) is 13.0 Å². The average Bonchev–Trinajstić information content (AvgIpc) is 2.97. The van der Waals surface area contributed by atoms with E-state index in [2.05, 4.69) is 12.1 Å².